The van der Waals surface area contributed by atoms with Gasteiger partial charge in [0.25, 0.3) is 0 Å². The molecule has 0 amide bonds. The van der Waals surface area contributed by atoms with E-state index in [1.165, 1.54) is 10.7 Å². The smallest absolute Gasteiger partial charge is 0.118 e. The topological polar surface area (TPSA) is 70.9 Å². The minimum Gasteiger partial charge on any atom is -0.386 e. The fourth-order valence-electron chi connectivity index (χ4n) is 2.19. The average Bonchev–Trinajstić information content (AvgIpc) is 2.38. The Bertz CT molecular complexity index is 446. The third-order valence-corrected chi connectivity index (χ3v) is 3.43. The lowest BCUT2D eigenvalue weighted by atomic mass is 9.98. The Balaban J connectivity index is 2.96. The highest BCUT2D eigenvalue weighted by Gasteiger charge is 2.17. The maximum Gasteiger partial charge on any atom is 0.118 e. The van der Waals surface area contributed by atoms with Gasteiger partial charge >= 0.3 is 0 Å². The average molecular weight is 291 g/mol. The highest BCUT2D eigenvalue weighted by atomic mass is 15.6. The van der Waals surface area contributed by atoms with Crippen molar-refractivity contribution in [2.45, 2.75) is 39.2 Å². The van der Waals surface area contributed by atoms with Crippen molar-refractivity contribution in [3.05, 3.63) is 35.4 Å². The van der Waals surface area contributed by atoms with E-state index < -0.39 is 0 Å². The molecular weight excluding hydrogens is 262 g/mol. The Labute approximate surface area is 128 Å². The van der Waals surface area contributed by atoms with Crippen molar-refractivity contribution in [2.24, 2.45) is 16.7 Å². The summed E-state index contributed by atoms with van der Waals surface area (Å²) < 4.78 is 0. The Hall–Kier alpha value is -1.59. The maximum absolute atomic E-state index is 6.08. The number of hydrogen-bond acceptors (Lipinski definition) is 4. The third kappa shape index (κ3) is 5.73. The van der Waals surface area contributed by atoms with Crippen LogP contribution in [0, 0.1) is 0 Å². The second kappa shape index (κ2) is 8.00. The highest BCUT2D eigenvalue weighted by Crippen LogP contribution is 2.24. The summed E-state index contributed by atoms with van der Waals surface area (Å²) in [5.41, 5.74) is 8.13. The summed E-state index contributed by atoms with van der Waals surface area (Å²) >= 11 is 0. The predicted octanol–water partition coefficient (Wildman–Crippen LogP) is 2.27. The van der Waals surface area contributed by atoms with Crippen LogP contribution in [0.5, 0.6) is 0 Å². The largest absolute Gasteiger partial charge is 0.386 e. The summed E-state index contributed by atoms with van der Waals surface area (Å²) in [6.07, 6.45) is 0.890. The molecule has 1 unspecified atom stereocenters. The van der Waals surface area contributed by atoms with E-state index in [-0.39, 0.29) is 6.04 Å². The molecule has 0 bridgehead atoms. The molecule has 4 N–H and O–H groups in total. The molecule has 0 aliphatic carbocycles. The molecular formula is C16H29N5. The molecule has 0 saturated carbocycles. The minimum absolute atomic E-state index is 0.0205. The van der Waals surface area contributed by atoms with E-state index >= 15 is 0 Å². The van der Waals surface area contributed by atoms with Gasteiger partial charge < -0.3 is 10.6 Å². The third-order valence-electron chi connectivity index (χ3n) is 3.43. The van der Waals surface area contributed by atoms with Crippen LogP contribution in [0.25, 0.3) is 0 Å². The lowest BCUT2D eigenvalue weighted by Crippen LogP contribution is -2.34. The van der Waals surface area contributed by atoms with Crippen molar-refractivity contribution in [2.75, 3.05) is 20.6 Å². The first-order valence-electron chi connectivity index (χ1n) is 7.40. The molecule has 5 heteroatoms. The normalized spacial score (nSPS) is 13.8. The van der Waals surface area contributed by atoms with Crippen molar-refractivity contribution >= 4 is 5.84 Å². The van der Waals surface area contributed by atoms with Gasteiger partial charge in [-0.1, -0.05) is 38.1 Å². The van der Waals surface area contributed by atoms with E-state index in [1.807, 2.05) is 0 Å². The van der Waals surface area contributed by atoms with Crippen LogP contribution in [0.4, 0.5) is 0 Å². The number of benzene rings is 1. The first-order chi connectivity index (χ1) is 9.81. The van der Waals surface area contributed by atoms with Gasteiger partial charge in [0.2, 0.25) is 0 Å². The standard InChI is InChI=1S/C16H29N5/c1-12(2)14-6-8-15(9-7-14)16(10-11-20(4)5)21(18)19-13(3)17/h6-9,12,16H,10-11,18H2,1-5H3,(H2,17,19). The first kappa shape index (κ1) is 17.5. The summed E-state index contributed by atoms with van der Waals surface area (Å²) in [6.45, 7) is 7.06. The molecule has 0 aliphatic heterocycles. The summed E-state index contributed by atoms with van der Waals surface area (Å²) in [6, 6.07) is 8.62. The molecule has 5 nitrogen and oxygen atoms in total. The number of nitrogens with zero attached hydrogens (tertiary/aromatic N) is 3. The van der Waals surface area contributed by atoms with Crippen LogP contribution in [0.15, 0.2) is 29.4 Å². The van der Waals surface area contributed by atoms with Gasteiger partial charge in [-0.05, 0) is 51.0 Å². The lowest BCUT2D eigenvalue weighted by Gasteiger charge is -2.27. The molecule has 0 fully saturated rings. The van der Waals surface area contributed by atoms with Crippen LogP contribution < -0.4 is 11.6 Å². The quantitative estimate of drug-likeness (QED) is 0.350. The Kier molecular flexibility index (Phi) is 6.65. The molecule has 0 saturated heterocycles. The van der Waals surface area contributed by atoms with Crippen molar-refractivity contribution < 1.29 is 0 Å². The molecule has 118 valence electrons. The van der Waals surface area contributed by atoms with Gasteiger partial charge in [-0.15, -0.1) is 5.10 Å². The van der Waals surface area contributed by atoms with E-state index in [2.05, 4.69) is 62.2 Å². The van der Waals surface area contributed by atoms with E-state index in [4.69, 9.17) is 11.6 Å². The molecule has 0 radical (unpaired) electrons. The van der Waals surface area contributed by atoms with Gasteiger partial charge in [0, 0.05) is 0 Å². The number of rotatable bonds is 7. The Morgan fingerprint density at radius 3 is 2.10 bits per heavy atom. The van der Waals surface area contributed by atoms with Gasteiger partial charge in [0.1, 0.15) is 5.84 Å². The second-order valence-electron chi connectivity index (χ2n) is 6.05. The zero-order chi connectivity index (χ0) is 16.0. The van der Waals surface area contributed by atoms with Crippen LogP contribution in [0.3, 0.4) is 0 Å². The van der Waals surface area contributed by atoms with E-state index in [0.717, 1.165) is 18.5 Å². The molecule has 0 aromatic heterocycles. The Morgan fingerprint density at radius 1 is 1.14 bits per heavy atom. The van der Waals surface area contributed by atoms with Crippen LogP contribution in [-0.4, -0.2) is 36.5 Å². The van der Waals surface area contributed by atoms with Crippen molar-refractivity contribution in [3.8, 4) is 0 Å². The second-order valence-corrected chi connectivity index (χ2v) is 6.05. The molecule has 1 rings (SSSR count). The maximum atomic E-state index is 6.08. The van der Waals surface area contributed by atoms with Gasteiger partial charge in [-0.2, -0.15) is 0 Å². The zero-order valence-electron chi connectivity index (χ0n) is 13.9. The predicted molar refractivity (Wildman–Crippen MR) is 89.8 cm³/mol. The molecule has 0 aliphatic rings. The minimum atomic E-state index is 0.0205. The number of hydrazone groups is 1. The summed E-state index contributed by atoms with van der Waals surface area (Å²) in [7, 11) is 4.11. The van der Waals surface area contributed by atoms with Crippen LogP contribution in [-0.2, 0) is 0 Å². The van der Waals surface area contributed by atoms with Crippen molar-refractivity contribution in [1.82, 2.24) is 10.0 Å². The van der Waals surface area contributed by atoms with E-state index in [1.54, 1.807) is 6.92 Å². The van der Waals surface area contributed by atoms with Gasteiger partial charge in [0.05, 0.1) is 6.04 Å². The summed E-state index contributed by atoms with van der Waals surface area (Å²) in [5, 5.41) is 5.65. The van der Waals surface area contributed by atoms with E-state index in [0.29, 0.717) is 11.8 Å². The SMILES string of the molecule is C/C(N)=N/N(N)C(CCN(C)C)c1ccc(C(C)C)cc1. The van der Waals surface area contributed by atoms with Crippen molar-refractivity contribution in [3.63, 3.8) is 0 Å². The molecule has 1 aromatic carbocycles. The van der Waals surface area contributed by atoms with Crippen LogP contribution >= 0.6 is 0 Å². The highest BCUT2D eigenvalue weighted by molar-refractivity contribution is 5.77. The fraction of sp³-hybridized carbons (Fsp3) is 0.562. The van der Waals surface area contributed by atoms with Gasteiger partial charge in [0.15, 0.2) is 0 Å². The Morgan fingerprint density at radius 2 is 1.67 bits per heavy atom. The number of amidine groups is 1. The summed E-state index contributed by atoms with van der Waals surface area (Å²) in [4.78, 5) is 2.14. The summed E-state index contributed by atoms with van der Waals surface area (Å²) in [5.74, 6) is 7.07. The molecule has 0 heterocycles. The van der Waals surface area contributed by atoms with Crippen LogP contribution in [0.2, 0.25) is 0 Å². The fourth-order valence-corrected chi connectivity index (χ4v) is 2.19. The van der Waals surface area contributed by atoms with Crippen LogP contribution in [0.1, 0.15) is 50.3 Å². The number of hydrogen-bond donors (Lipinski definition) is 2. The van der Waals surface area contributed by atoms with Gasteiger partial charge in [-0.25, -0.2) is 11.0 Å². The molecule has 1 atom stereocenters. The molecule has 21 heavy (non-hydrogen) atoms. The van der Waals surface area contributed by atoms with Crippen molar-refractivity contribution in [1.29, 1.82) is 0 Å². The lowest BCUT2D eigenvalue weighted by molar-refractivity contribution is 0.186. The zero-order valence-corrected chi connectivity index (χ0v) is 13.9. The molecule has 1 aromatic rings. The number of hydrazine groups is 1. The molecule has 0 spiro atoms. The van der Waals surface area contributed by atoms with Gasteiger partial charge in [-0.3, -0.25) is 0 Å². The first-order valence-corrected chi connectivity index (χ1v) is 7.40. The number of nitrogens with two attached hydrogens (primary N) is 2. The van der Waals surface area contributed by atoms with E-state index in [9.17, 15) is 0 Å². The monoisotopic (exact) mass is 291 g/mol.